The molecule has 0 unspecified atom stereocenters. The molecule has 131 heavy (non-hydrogen) atoms. The third kappa shape index (κ3) is 11.6. The highest BCUT2D eigenvalue weighted by atomic mass is 16.3. The van der Waals surface area contributed by atoms with Gasteiger partial charge in [0.05, 0.1) is 44.7 Å². The lowest BCUT2D eigenvalue weighted by molar-refractivity contribution is 0.670. The predicted molar refractivity (Wildman–Crippen MR) is 552 cm³/mol. The summed E-state index contributed by atoms with van der Waals surface area (Å²) in [4.78, 5) is 30.5. The summed E-state index contributed by atoms with van der Waals surface area (Å²) in [5.41, 5.74) is 19.7. The Hall–Kier alpha value is -17.5. The molecule has 0 fully saturated rings. The molecular formula is C124H72N6O. The van der Waals surface area contributed by atoms with Gasteiger partial charge in [-0.05, 0) is 213 Å². The van der Waals surface area contributed by atoms with E-state index < -0.39 is 0 Å². The van der Waals surface area contributed by atoms with E-state index in [2.05, 4.69) is 399 Å². The Morgan fingerprint density at radius 1 is 0.168 bits per heavy atom. The molecule has 0 atom stereocenters. The molecule has 7 heterocycles. The van der Waals surface area contributed by atoms with Crippen LogP contribution in [0.4, 0.5) is 0 Å². The van der Waals surface area contributed by atoms with Gasteiger partial charge in [0.25, 0.3) is 0 Å². The van der Waals surface area contributed by atoms with Crippen molar-refractivity contribution in [2.75, 3.05) is 0 Å². The average molecular weight is 1660 g/mol. The van der Waals surface area contributed by atoms with E-state index in [0.29, 0.717) is 0 Å². The van der Waals surface area contributed by atoms with E-state index in [-0.39, 0.29) is 0 Å². The van der Waals surface area contributed by atoms with Gasteiger partial charge in [0.1, 0.15) is 11.2 Å². The first kappa shape index (κ1) is 73.8. The number of aromatic nitrogens is 6. The molecule has 7 nitrogen and oxygen atoms in total. The van der Waals surface area contributed by atoms with Crippen molar-refractivity contribution in [3.8, 4) is 67.2 Å². The van der Waals surface area contributed by atoms with E-state index in [1.807, 2.05) is 36.8 Å². The van der Waals surface area contributed by atoms with Crippen LogP contribution in [-0.4, -0.2) is 29.9 Å². The van der Waals surface area contributed by atoms with Crippen molar-refractivity contribution in [1.29, 1.82) is 0 Å². The zero-order valence-electron chi connectivity index (χ0n) is 70.7. The zero-order valence-corrected chi connectivity index (χ0v) is 70.7. The van der Waals surface area contributed by atoms with E-state index in [1.165, 1.54) is 151 Å². The zero-order chi connectivity index (χ0) is 85.9. The van der Waals surface area contributed by atoms with Crippen molar-refractivity contribution >= 4 is 216 Å². The fraction of sp³-hybridized carbons (Fsp3) is 0. The highest BCUT2D eigenvalue weighted by Crippen LogP contribution is 2.50. The van der Waals surface area contributed by atoms with Gasteiger partial charge >= 0.3 is 0 Å². The second-order valence-electron chi connectivity index (χ2n) is 34.4. The van der Waals surface area contributed by atoms with Gasteiger partial charge in [-0.15, -0.1) is 0 Å². The molecule has 7 aromatic heterocycles. The molecule has 29 aromatic rings. The van der Waals surface area contributed by atoms with Crippen molar-refractivity contribution < 1.29 is 4.42 Å². The van der Waals surface area contributed by atoms with Crippen LogP contribution in [0.1, 0.15) is 0 Å². The lowest BCUT2D eigenvalue weighted by Crippen LogP contribution is -1.94. The molecule has 0 spiro atoms. The van der Waals surface area contributed by atoms with Gasteiger partial charge < -0.3 is 4.42 Å². The molecule has 0 aliphatic carbocycles. The number of rotatable bonds is 6. The fourth-order valence-corrected chi connectivity index (χ4v) is 21.5. The minimum Gasteiger partial charge on any atom is -0.455 e. The topological polar surface area (TPSA) is 90.5 Å². The molecular weight excluding hydrogens is 1590 g/mol. The van der Waals surface area contributed by atoms with E-state index >= 15 is 0 Å². The smallest absolute Gasteiger partial charge is 0.143 e. The molecule has 0 saturated heterocycles. The Morgan fingerprint density at radius 2 is 0.550 bits per heavy atom. The largest absolute Gasteiger partial charge is 0.455 e. The molecule has 0 saturated carbocycles. The van der Waals surface area contributed by atoms with Crippen molar-refractivity contribution in [2.45, 2.75) is 0 Å². The van der Waals surface area contributed by atoms with Crippen LogP contribution in [0.2, 0.25) is 0 Å². The number of furan rings is 1. The maximum Gasteiger partial charge on any atom is 0.143 e. The minimum atomic E-state index is 0.903. The van der Waals surface area contributed by atoms with Crippen molar-refractivity contribution in [3.05, 3.63) is 437 Å². The molecule has 604 valence electrons. The summed E-state index contributed by atoms with van der Waals surface area (Å²) in [7, 11) is 0. The Bertz CT molecular complexity index is 9830. The SMILES string of the molecule is c1cc(-c2cc3ccc4cccc5ccc(c2)c3c45)cc(-c2nc3c4ccccc4c4ccccc4c3c3ncccc23)c1.c1cc(-c2cc3ccccc3c3c2oc2ccc4ccccc4c23)cc(-c2nc3c4ccccc4c4ccccc4c3c3ccc4ccccc4c23)c1.c1cncc(-c2ccc(-c3nc4c5ccccc5c5ccccc5c4c4ncccc34)cc2)c1. The van der Waals surface area contributed by atoms with Crippen LogP contribution in [0.3, 0.4) is 0 Å². The van der Waals surface area contributed by atoms with Crippen LogP contribution in [0.5, 0.6) is 0 Å². The van der Waals surface area contributed by atoms with Gasteiger partial charge in [-0.2, -0.15) is 0 Å². The van der Waals surface area contributed by atoms with Crippen molar-refractivity contribution in [3.63, 3.8) is 0 Å². The number of hydrogen-bond acceptors (Lipinski definition) is 7. The van der Waals surface area contributed by atoms with E-state index in [1.54, 1.807) is 6.20 Å². The summed E-state index contributed by atoms with van der Waals surface area (Å²) in [6, 6.07) is 148. The first-order valence-electron chi connectivity index (χ1n) is 44.7. The summed E-state index contributed by atoms with van der Waals surface area (Å²) < 4.78 is 6.86. The fourth-order valence-electron chi connectivity index (χ4n) is 21.5. The predicted octanol–water partition coefficient (Wildman–Crippen LogP) is 33.5. The first-order chi connectivity index (χ1) is 65.0. The second-order valence-corrected chi connectivity index (χ2v) is 34.4. The molecule has 0 aliphatic heterocycles. The summed E-state index contributed by atoms with van der Waals surface area (Å²) in [5, 5.41) is 39.7. The minimum absolute atomic E-state index is 0.903. The van der Waals surface area contributed by atoms with Gasteiger partial charge in [0, 0.05) is 106 Å². The van der Waals surface area contributed by atoms with Crippen LogP contribution in [0, 0.1) is 0 Å². The van der Waals surface area contributed by atoms with E-state index in [4.69, 9.17) is 29.3 Å². The van der Waals surface area contributed by atoms with E-state index in [9.17, 15) is 0 Å². The Labute approximate surface area is 750 Å². The number of fused-ring (bicyclic) bond motifs is 33. The lowest BCUT2D eigenvalue weighted by atomic mass is 9.89. The molecule has 7 heteroatoms. The normalized spacial score (nSPS) is 12.0. The second kappa shape index (κ2) is 29.6. The molecule has 29 rings (SSSR count). The Kier molecular flexibility index (Phi) is 16.6. The third-order valence-corrected chi connectivity index (χ3v) is 27.3. The lowest BCUT2D eigenvalue weighted by Gasteiger charge is -2.17. The molecule has 0 N–H and O–H groups in total. The molecule has 0 amide bonds. The van der Waals surface area contributed by atoms with Gasteiger partial charge in [0.2, 0.25) is 0 Å². The highest BCUT2D eigenvalue weighted by Gasteiger charge is 2.26. The van der Waals surface area contributed by atoms with Gasteiger partial charge in [-0.3, -0.25) is 15.0 Å². The van der Waals surface area contributed by atoms with Gasteiger partial charge in [-0.1, -0.05) is 346 Å². The van der Waals surface area contributed by atoms with Crippen LogP contribution in [0.25, 0.3) is 284 Å². The van der Waals surface area contributed by atoms with Crippen LogP contribution < -0.4 is 0 Å². The summed E-state index contributed by atoms with van der Waals surface area (Å²) in [6.07, 6.45) is 7.46. The molecule has 0 radical (unpaired) electrons. The monoisotopic (exact) mass is 1660 g/mol. The third-order valence-electron chi connectivity index (χ3n) is 27.3. The summed E-state index contributed by atoms with van der Waals surface area (Å²) in [5.74, 6) is 0. The highest BCUT2D eigenvalue weighted by molar-refractivity contribution is 6.37. The molecule has 0 bridgehead atoms. The average Bonchev–Trinajstić information content (AvgIpc) is 1.35. The van der Waals surface area contributed by atoms with Crippen LogP contribution in [0.15, 0.2) is 442 Å². The molecule has 22 aromatic carbocycles. The standard InChI is InChI=1S/C51H29NO.C42H24N2.C31H19N3/c1-4-17-35-30(12-1)24-26-42-45(35)49(52-50-41-23-10-8-21-39(41)38-20-7-9-22-40(38)46(42)50)34-16-11-15-32(28-34)43-29-33-14-3-6-19-37(33)48-47-36-18-5-2-13-31(36)25-27-44(47)53-51(43)48;1-3-14-34-32(12-1)33-13-2-4-15-35(33)42-39(34)41-36(16-7-21-43-41)40(44-42)30-11-6-10-27(22-30)31-23-28-19-17-25-8-5-9-26-18-20-29(24-31)38(28)37(25)26;1-3-10-25-23(8-1)24-9-2-4-11-26(24)31-28(25)30-27(12-6-18-33-30)29(34-31)21-15-13-20(14-16-21)22-7-5-17-32-19-22/h1-29H;1-24H;1-19H. The summed E-state index contributed by atoms with van der Waals surface area (Å²) >= 11 is 0. The molecule has 0 aliphatic rings. The maximum atomic E-state index is 6.86. The maximum absolute atomic E-state index is 6.86. The summed E-state index contributed by atoms with van der Waals surface area (Å²) in [6.45, 7) is 0. The number of nitrogens with zero attached hydrogens (tertiary/aromatic N) is 6. The van der Waals surface area contributed by atoms with Crippen molar-refractivity contribution in [1.82, 2.24) is 29.9 Å². The number of benzene rings is 22. The first-order valence-corrected chi connectivity index (χ1v) is 44.7. The van der Waals surface area contributed by atoms with Crippen LogP contribution >= 0.6 is 0 Å². The van der Waals surface area contributed by atoms with E-state index in [0.717, 1.165) is 132 Å². The number of pyridine rings is 6. The van der Waals surface area contributed by atoms with Gasteiger partial charge in [-0.25, -0.2) is 15.0 Å². The quantitative estimate of drug-likeness (QED) is 0.153. The van der Waals surface area contributed by atoms with Crippen LogP contribution in [-0.2, 0) is 0 Å². The van der Waals surface area contributed by atoms with Crippen molar-refractivity contribution in [2.24, 2.45) is 0 Å². The Balaban J connectivity index is 0.000000103. The number of hydrogen-bond donors (Lipinski definition) is 0. The Morgan fingerprint density at radius 3 is 1.11 bits per heavy atom. The van der Waals surface area contributed by atoms with Gasteiger partial charge in [0.15, 0.2) is 0 Å².